The zero-order chi connectivity index (χ0) is 19.1. The summed E-state index contributed by atoms with van der Waals surface area (Å²) < 4.78 is 14.4. The van der Waals surface area contributed by atoms with Crippen molar-refractivity contribution in [2.75, 3.05) is 5.43 Å². The highest BCUT2D eigenvalue weighted by Crippen LogP contribution is 2.47. The molecule has 138 valence electrons. The second kappa shape index (κ2) is 6.61. The molecule has 1 N–H and O–H groups in total. The van der Waals surface area contributed by atoms with E-state index in [1.807, 2.05) is 19.9 Å². The minimum Gasteiger partial charge on any atom is -0.273 e. The zero-order valence-corrected chi connectivity index (χ0v) is 15.1. The predicted octanol–water partition coefficient (Wildman–Crippen LogP) is 3.53. The van der Waals surface area contributed by atoms with Crippen molar-refractivity contribution >= 4 is 16.8 Å². The number of nitrogens with zero attached hydrogens (tertiary/aromatic N) is 2. The van der Waals surface area contributed by atoms with Crippen LogP contribution in [0.4, 0.5) is 4.39 Å². The highest BCUT2D eigenvalue weighted by atomic mass is 19.1. The van der Waals surface area contributed by atoms with Gasteiger partial charge in [-0.1, -0.05) is 38.1 Å². The predicted molar refractivity (Wildman–Crippen MR) is 102 cm³/mol. The van der Waals surface area contributed by atoms with Crippen LogP contribution in [0.1, 0.15) is 43.5 Å². The van der Waals surface area contributed by atoms with Crippen molar-refractivity contribution in [3.8, 4) is 0 Å². The van der Waals surface area contributed by atoms with Crippen LogP contribution in [0.25, 0.3) is 10.9 Å². The molecule has 1 aromatic heterocycles. The summed E-state index contributed by atoms with van der Waals surface area (Å²) in [5.41, 5.74) is 4.03. The zero-order valence-electron chi connectivity index (χ0n) is 15.1. The molecule has 27 heavy (non-hydrogen) atoms. The summed E-state index contributed by atoms with van der Waals surface area (Å²) in [6.07, 6.45) is 0.685. The van der Waals surface area contributed by atoms with Gasteiger partial charge in [-0.25, -0.2) is 14.1 Å². The van der Waals surface area contributed by atoms with Crippen molar-refractivity contribution in [1.82, 2.24) is 9.66 Å². The second-order valence-electron chi connectivity index (χ2n) is 7.26. The van der Waals surface area contributed by atoms with Crippen LogP contribution in [0.3, 0.4) is 0 Å². The molecule has 0 saturated heterocycles. The maximum absolute atomic E-state index is 13.1. The number of hydrogen-bond donors (Lipinski definition) is 1. The number of rotatable bonds is 4. The van der Waals surface area contributed by atoms with Gasteiger partial charge in [-0.05, 0) is 42.2 Å². The fourth-order valence-electron chi connectivity index (χ4n) is 3.40. The topological polar surface area (TPSA) is 64.0 Å². The third-order valence-electron chi connectivity index (χ3n) is 4.97. The Bertz CT molecular complexity index is 1070. The summed E-state index contributed by atoms with van der Waals surface area (Å²) in [6.45, 7) is 3.86. The molecule has 0 spiro atoms. The fraction of sp³-hybridized carbons (Fsp3) is 0.286. The smallest absolute Gasteiger partial charge is 0.273 e. The van der Waals surface area contributed by atoms with Crippen molar-refractivity contribution < 1.29 is 9.18 Å². The number of aromatic nitrogens is 2. The number of fused-ring (bicyclic) bond motifs is 1. The minimum absolute atomic E-state index is 0.0327. The van der Waals surface area contributed by atoms with Gasteiger partial charge >= 0.3 is 0 Å². The molecule has 0 radical (unpaired) electrons. The van der Waals surface area contributed by atoms with Crippen LogP contribution in [0.2, 0.25) is 0 Å². The highest BCUT2D eigenvalue weighted by Gasteiger charge is 2.44. The van der Waals surface area contributed by atoms with Gasteiger partial charge in [0, 0.05) is 11.8 Å². The lowest BCUT2D eigenvalue weighted by Crippen LogP contribution is -2.37. The molecule has 1 aliphatic carbocycles. The van der Waals surface area contributed by atoms with Gasteiger partial charge in [0.15, 0.2) is 0 Å². The van der Waals surface area contributed by atoms with Gasteiger partial charge in [0.1, 0.15) is 11.6 Å². The largest absolute Gasteiger partial charge is 0.280 e. The molecule has 0 unspecified atom stereocenters. The monoisotopic (exact) mass is 365 g/mol. The Morgan fingerprint density at radius 1 is 1.19 bits per heavy atom. The Morgan fingerprint density at radius 3 is 2.59 bits per heavy atom. The Kier molecular flexibility index (Phi) is 4.26. The summed E-state index contributed by atoms with van der Waals surface area (Å²) in [5, 5.41) is 0.466. The normalized spacial score (nSPS) is 18.7. The number of halogens is 1. The van der Waals surface area contributed by atoms with E-state index in [1.54, 1.807) is 30.3 Å². The number of nitrogens with one attached hydrogen (secondary N) is 1. The number of para-hydroxylation sites is 1. The molecular formula is C21H20FN3O2. The quantitative estimate of drug-likeness (QED) is 0.769. The lowest BCUT2D eigenvalue weighted by Gasteiger charge is -2.16. The standard InChI is InChI=1S/C21H20FN3O2/c1-12(2)19-23-18-6-4-3-5-15(18)21(27)25(19)24-20(26)17-11-16(17)13-7-9-14(22)10-8-13/h3-10,12,16-17H,11H2,1-2H3,(H,24,26)/t16-,17+/m0/s1. The van der Waals surface area contributed by atoms with E-state index in [2.05, 4.69) is 10.4 Å². The lowest BCUT2D eigenvalue weighted by atomic mass is 10.1. The van der Waals surface area contributed by atoms with Crippen molar-refractivity contribution in [3.63, 3.8) is 0 Å². The molecule has 3 aromatic rings. The van der Waals surface area contributed by atoms with E-state index in [9.17, 15) is 14.0 Å². The van der Waals surface area contributed by atoms with E-state index >= 15 is 0 Å². The number of carbonyl (C=O) groups excluding carboxylic acids is 1. The van der Waals surface area contributed by atoms with Gasteiger partial charge in [0.2, 0.25) is 5.91 Å². The molecule has 0 bridgehead atoms. The summed E-state index contributed by atoms with van der Waals surface area (Å²) in [6, 6.07) is 13.3. The molecule has 1 amide bonds. The molecule has 5 nitrogen and oxygen atoms in total. The summed E-state index contributed by atoms with van der Waals surface area (Å²) >= 11 is 0. The Balaban J connectivity index is 1.62. The van der Waals surface area contributed by atoms with Crippen LogP contribution >= 0.6 is 0 Å². The number of hydrogen-bond acceptors (Lipinski definition) is 3. The third-order valence-corrected chi connectivity index (χ3v) is 4.97. The molecule has 0 aliphatic heterocycles. The van der Waals surface area contributed by atoms with Crippen LogP contribution in [0, 0.1) is 11.7 Å². The molecule has 2 atom stereocenters. The number of benzene rings is 2. The van der Waals surface area contributed by atoms with Gasteiger partial charge < -0.3 is 0 Å². The minimum atomic E-state index is -0.296. The first-order valence-corrected chi connectivity index (χ1v) is 9.03. The van der Waals surface area contributed by atoms with E-state index in [1.165, 1.54) is 16.8 Å². The lowest BCUT2D eigenvalue weighted by molar-refractivity contribution is -0.118. The van der Waals surface area contributed by atoms with Crippen molar-refractivity contribution in [1.29, 1.82) is 0 Å². The van der Waals surface area contributed by atoms with Crippen LogP contribution in [0.15, 0.2) is 53.3 Å². The molecule has 1 heterocycles. The fourth-order valence-corrected chi connectivity index (χ4v) is 3.40. The third kappa shape index (κ3) is 3.23. The Hall–Kier alpha value is -3.02. The highest BCUT2D eigenvalue weighted by molar-refractivity contribution is 5.90. The average molecular weight is 365 g/mol. The van der Waals surface area contributed by atoms with Crippen LogP contribution in [-0.4, -0.2) is 15.6 Å². The summed E-state index contributed by atoms with van der Waals surface area (Å²) in [4.78, 5) is 30.2. The van der Waals surface area contributed by atoms with E-state index in [0.717, 1.165) is 5.56 Å². The van der Waals surface area contributed by atoms with E-state index < -0.39 is 0 Å². The molecule has 2 aromatic carbocycles. The van der Waals surface area contributed by atoms with Gasteiger partial charge in [-0.2, -0.15) is 0 Å². The van der Waals surface area contributed by atoms with Crippen LogP contribution in [-0.2, 0) is 4.79 Å². The molecule has 1 aliphatic rings. The van der Waals surface area contributed by atoms with Crippen molar-refractivity contribution in [3.05, 3.63) is 76.1 Å². The van der Waals surface area contributed by atoms with Gasteiger partial charge in [0.25, 0.3) is 5.56 Å². The Labute approximate surface area is 155 Å². The van der Waals surface area contributed by atoms with Crippen LogP contribution < -0.4 is 11.0 Å². The Morgan fingerprint density at radius 2 is 1.89 bits per heavy atom. The summed E-state index contributed by atoms with van der Waals surface area (Å²) in [5.74, 6) is -0.201. The maximum atomic E-state index is 13.1. The molecular weight excluding hydrogens is 345 g/mol. The first kappa shape index (κ1) is 17.4. The SMILES string of the molecule is CC(C)c1nc2ccccc2c(=O)n1NC(=O)[C@@H]1C[C@H]1c1ccc(F)cc1. The number of amides is 1. The van der Waals surface area contributed by atoms with Crippen LogP contribution in [0.5, 0.6) is 0 Å². The van der Waals surface area contributed by atoms with Gasteiger partial charge in [0.05, 0.1) is 10.9 Å². The molecule has 6 heteroatoms. The van der Waals surface area contributed by atoms with Crippen molar-refractivity contribution in [2.45, 2.75) is 32.1 Å². The van der Waals surface area contributed by atoms with E-state index in [-0.39, 0.29) is 35.0 Å². The first-order valence-electron chi connectivity index (χ1n) is 9.03. The summed E-state index contributed by atoms with van der Waals surface area (Å²) in [7, 11) is 0. The molecule has 1 saturated carbocycles. The van der Waals surface area contributed by atoms with Gasteiger partial charge in [-0.15, -0.1) is 0 Å². The number of carbonyl (C=O) groups is 1. The maximum Gasteiger partial charge on any atom is 0.280 e. The van der Waals surface area contributed by atoms with E-state index in [0.29, 0.717) is 23.1 Å². The molecule has 1 fully saturated rings. The average Bonchev–Trinajstić information content (AvgIpc) is 3.45. The first-order chi connectivity index (χ1) is 13.0. The van der Waals surface area contributed by atoms with Gasteiger partial charge in [-0.3, -0.25) is 15.0 Å². The van der Waals surface area contributed by atoms with Crippen molar-refractivity contribution in [2.24, 2.45) is 5.92 Å². The second-order valence-corrected chi connectivity index (χ2v) is 7.26. The molecule has 4 rings (SSSR count). The van der Waals surface area contributed by atoms with E-state index in [4.69, 9.17) is 0 Å².